The number of aromatic nitrogens is 3. The van der Waals surface area contributed by atoms with E-state index in [0.717, 1.165) is 43.7 Å². The van der Waals surface area contributed by atoms with Crippen molar-refractivity contribution in [1.82, 2.24) is 19.7 Å². The molecule has 0 bridgehead atoms. The molecule has 0 amide bonds. The summed E-state index contributed by atoms with van der Waals surface area (Å²) in [6.07, 6.45) is 8.00. The van der Waals surface area contributed by atoms with Gasteiger partial charge >= 0.3 is 0 Å². The molecule has 1 N–H and O–H groups in total. The van der Waals surface area contributed by atoms with Gasteiger partial charge in [-0.25, -0.2) is 0 Å². The zero-order valence-corrected chi connectivity index (χ0v) is 12.4. The number of likely N-dealkylation sites (tertiary alicyclic amines) is 1. The van der Waals surface area contributed by atoms with E-state index in [4.69, 9.17) is 0 Å². The summed E-state index contributed by atoms with van der Waals surface area (Å²) < 4.78 is 1.87. The molecule has 3 rings (SSSR count). The highest BCUT2D eigenvalue weighted by Gasteiger charge is 2.21. The van der Waals surface area contributed by atoms with Crippen LogP contribution in [0.4, 0.5) is 0 Å². The van der Waals surface area contributed by atoms with Crippen LogP contribution < -0.4 is 0 Å². The van der Waals surface area contributed by atoms with Gasteiger partial charge in [0.05, 0.1) is 5.69 Å². The van der Waals surface area contributed by atoms with Gasteiger partial charge in [-0.05, 0) is 37.4 Å². The number of pyridine rings is 1. The maximum absolute atomic E-state index is 9.36. The number of piperidine rings is 1. The first-order valence-electron chi connectivity index (χ1n) is 7.52. The maximum Gasteiger partial charge on any atom is 0.0969 e. The van der Waals surface area contributed by atoms with Crippen LogP contribution in [-0.4, -0.2) is 44.5 Å². The molecule has 1 fully saturated rings. The summed E-state index contributed by atoms with van der Waals surface area (Å²) in [6.45, 7) is 3.26. The molecule has 5 heteroatoms. The van der Waals surface area contributed by atoms with Crippen LogP contribution in [-0.2, 0) is 13.6 Å². The topological polar surface area (TPSA) is 54.2 Å². The van der Waals surface area contributed by atoms with Gasteiger partial charge in [0.25, 0.3) is 0 Å². The van der Waals surface area contributed by atoms with E-state index in [0.29, 0.717) is 12.5 Å². The lowest BCUT2D eigenvalue weighted by atomic mass is 9.98. The SMILES string of the molecule is Cn1cc(CN2CCCC(CO)C2)c(-c2ccncc2)n1. The van der Waals surface area contributed by atoms with Gasteiger partial charge in [0.1, 0.15) is 0 Å². The standard InChI is InChI=1S/C16H22N4O/c1-19-10-15(11-20-8-2-3-13(9-20)12-21)16(18-19)14-4-6-17-7-5-14/h4-7,10,13,21H,2-3,8-9,11-12H2,1H3. The minimum atomic E-state index is 0.292. The Labute approximate surface area is 125 Å². The highest BCUT2D eigenvalue weighted by atomic mass is 16.3. The lowest BCUT2D eigenvalue weighted by Gasteiger charge is -2.31. The fraction of sp³-hybridized carbons (Fsp3) is 0.500. The van der Waals surface area contributed by atoms with E-state index in [-0.39, 0.29) is 0 Å². The van der Waals surface area contributed by atoms with E-state index in [1.165, 1.54) is 5.56 Å². The van der Waals surface area contributed by atoms with E-state index in [2.05, 4.69) is 21.2 Å². The monoisotopic (exact) mass is 286 g/mol. The largest absolute Gasteiger partial charge is 0.396 e. The molecule has 0 aromatic carbocycles. The van der Waals surface area contributed by atoms with Crippen molar-refractivity contribution in [2.45, 2.75) is 19.4 Å². The molecule has 0 spiro atoms. The molecule has 1 unspecified atom stereocenters. The summed E-state index contributed by atoms with van der Waals surface area (Å²) in [7, 11) is 1.96. The molecule has 1 atom stereocenters. The molecule has 1 aliphatic heterocycles. The number of nitrogens with zero attached hydrogens (tertiary/aromatic N) is 4. The van der Waals surface area contributed by atoms with Crippen molar-refractivity contribution in [3.8, 4) is 11.3 Å². The Morgan fingerprint density at radius 1 is 1.33 bits per heavy atom. The molecule has 0 radical (unpaired) electrons. The predicted octanol–water partition coefficient (Wildman–Crippen LogP) is 1.69. The number of rotatable bonds is 4. The Kier molecular flexibility index (Phi) is 4.31. The Bertz CT molecular complexity index is 581. The fourth-order valence-corrected chi connectivity index (χ4v) is 3.09. The Morgan fingerprint density at radius 2 is 2.14 bits per heavy atom. The smallest absolute Gasteiger partial charge is 0.0969 e. The van der Waals surface area contributed by atoms with Gasteiger partial charge in [0, 0.05) is 56.5 Å². The quantitative estimate of drug-likeness (QED) is 0.929. The third-order valence-corrected chi connectivity index (χ3v) is 4.11. The van der Waals surface area contributed by atoms with Gasteiger partial charge in [-0.1, -0.05) is 0 Å². The molecule has 0 aliphatic carbocycles. The van der Waals surface area contributed by atoms with Crippen molar-refractivity contribution in [2.75, 3.05) is 19.7 Å². The summed E-state index contributed by atoms with van der Waals surface area (Å²) >= 11 is 0. The van der Waals surface area contributed by atoms with Crippen LogP contribution >= 0.6 is 0 Å². The molecule has 2 aromatic rings. The predicted molar refractivity (Wildman–Crippen MR) is 81.5 cm³/mol. The normalized spacial score (nSPS) is 19.8. The van der Waals surface area contributed by atoms with Crippen molar-refractivity contribution in [3.63, 3.8) is 0 Å². The Hall–Kier alpha value is -1.72. The van der Waals surface area contributed by atoms with Crippen molar-refractivity contribution in [2.24, 2.45) is 13.0 Å². The van der Waals surface area contributed by atoms with Crippen LogP contribution in [0, 0.1) is 5.92 Å². The molecular weight excluding hydrogens is 264 g/mol. The first-order valence-corrected chi connectivity index (χ1v) is 7.52. The van der Waals surface area contributed by atoms with Gasteiger partial charge in [-0.2, -0.15) is 5.10 Å². The second-order valence-electron chi connectivity index (χ2n) is 5.84. The zero-order valence-electron chi connectivity index (χ0n) is 12.4. The van der Waals surface area contributed by atoms with Crippen LogP contribution in [0.3, 0.4) is 0 Å². The number of hydrogen-bond donors (Lipinski definition) is 1. The van der Waals surface area contributed by atoms with E-state index >= 15 is 0 Å². The van der Waals surface area contributed by atoms with Gasteiger partial charge in [0.15, 0.2) is 0 Å². The molecule has 112 valence electrons. The summed E-state index contributed by atoms with van der Waals surface area (Å²) in [5.74, 6) is 0.416. The van der Waals surface area contributed by atoms with Gasteiger partial charge in [-0.3, -0.25) is 14.6 Å². The lowest BCUT2D eigenvalue weighted by molar-refractivity contribution is 0.116. The molecule has 1 saturated heterocycles. The number of aliphatic hydroxyl groups excluding tert-OH is 1. The van der Waals surface area contributed by atoms with Crippen LogP contribution in [0.2, 0.25) is 0 Å². The highest BCUT2D eigenvalue weighted by Crippen LogP contribution is 2.24. The van der Waals surface area contributed by atoms with Crippen LogP contribution in [0.5, 0.6) is 0 Å². The summed E-state index contributed by atoms with van der Waals surface area (Å²) in [5.41, 5.74) is 3.38. The molecule has 21 heavy (non-hydrogen) atoms. The molecule has 1 aliphatic rings. The Balaban J connectivity index is 1.79. The van der Waals surface area contributed by atoms with Crippen molar-refractivity contribution in [1.29, 1.82) is 0 Å². The minimum absolute atomic E-state index is 0.292. The van der Waals surface area contributed by atoms with Gasteiger partial charge < -0.3 is 5.11 Å². The van der Waals surface area contributed by atoms with Crippen LogP contribution in [0.1, 0.15) is 18.4 Å². The second kappa shape index (κ2) is 6.37. The minimum Gasteiger partial charge on any atom is -0.396 e. The van der Waals surface area contributed by atoms with Gasteiger partial charge in [-0.15, -0.1) is 0 Å². The zero-order chi connectivity index (χ0) is 14.7. The van der Waals surface area contributed by atoms with Crippen LogP contribution in [0.15, 0.2) is 30.7 Å². The third-order valence-electron chi connectivity index (χ3n) is 4.11. The average molecular weight is 286 g/mol. The first kappa shape index (κ1) is 14.2. The van der Waals surface area contributed by atoms with E-state index < -0.39 is 0 Å². The van der Waals surface area contributed by atoms with Crippen molar-refractivity contribution in [3.05, 3.63) is 36.3 Å². The summed E-state index contributed by atoms with van der Waals surface area (Å²) in [6, 6.07) is 4.00. The fourth-order valence-electron chi connectivity index (χ4n) is 3.09. The Morgan fingerprint density at radius 3 is 2.90 bits per heavy atom. The van der Waals surface area contributed by atoms with E-state index in [9.17, 15) is 5.11 Å². The third kappa shape index (κ3) is 3.31. The number of aryl methyl sites for hydroxylation is 1. The van der Waals surface area contributed by atoms with Crippen molar-refractivity contribution < 1.29 is 5.11 Å². The molecule has 0 saturated carbocycles. The summed E-state index contributed by atoms with van der Waals surface area (Å²) in [5, 5.41) is 14.0. The number of aliphatic hydroxyl groups is 1. The van der Waals surface area contributed by atoms with Crippen molar-refractivity contribution >= 4 is 0 Å². The van der Waals surface area contributed by atoms with Crippen LogP contribution in [0.25, 0.3) is 11.3 Å². The van der Waals surface area contributed by atoms with Gasteiger partial charge in [0.2, 0.25) is 0 Å². The highest BCUT2D eigenvalue weighted by molar-refractivity contribution is 5.61. The average Bonchev–Trinajstić information content (AvgIpc) is 2.89. The molecule has 3 heterocycles. The van der Waals surface area contributed by atoms with E-state index in [1.807, 2.05) is 23.9 Å². The molecular formula is C16H22N4O. The first-order chi connectivity index (χ1) is 10.3. The second-order valence-corrected chi connectivity index (χ2v) is 5.84. The lowest BCUT2D eigenvalue weighted by Crippen LogP contribution is -2.36. The number of hydrogen-bond acceptors (Lipinski definition) is 4. The maximum atomic E-state index is 9.36. The molecule has 5 nitrogen and oxygen atoms in total. The van der Waals surface area contributed by atoms with E-state index in [1.54, 1.807) is 12.4 Å². The molecule has 2 aromatic heterocycles. The summed E-state index contributed by atoms with van der Waals surface area (Å²) in [4.78, 5) is 6.49.